The fraction of sp³-hybridized carbons (Fsp3) is 0.370. The summed E-state index contributed by atoms with van der Waals surface area (Å²) in [6.45, 7) is 7.49. The molecule has 0 saturated carbocycles. The third kappa shape index (κ3) is 3.92. The van der Waals surface area contributed by atoms with Crippen LogP contribution in [0.4, 0.5) is 17.5 Å². The number of hydrogen-bond acceptors (Lipinski definition) is 10. The molecule has 2 saturated heterocycles. The lowest BCUT2D eigenvalue weighted by Gasteiger charge is -2.34. The molecule has 1 aromatic carbocycles. The Morgan fingerprint density at radius 2 is 1.95 bits per heavy atom. The van der Waals surface area contributed by atoms with E-state index in [-0.39, 0.29) is 11.9 Å². The maximum Gasteiger partial charge on any atom is 0.152 e. The molecular formula is C27H28N8O2. The van der Waals surface area contributed by atoms with Crippen molar-refractivity contribution in [1.82, 2.24) is 20.1 Å². The number of nitrogen functional groups attached to an aromatic ring is 1. The summed E-state index contributed by atoms with van der Waals surface area (Å²) in [5.74, 6) is 2.49. The highest BCUT2D eigenvalue weighted by Crippen LogP contribution is 2.43. The minimum absolute atomic E-state index is 0.00105. The Kier molecular flexibility index (Phi) is 5.85. The summed E-state index contributed by atoms with van der Waals surface area (Å²) >= 11 is 0. The molecule has 37 heavy (non-hydrogen) atoms. The summed E-state index contributed by atoms with van der Waals surface area (Å²) in [5.41, 5.74) is 11.2. The van der Waals surface area contributed by atoms with Crippen LogP contribution >= 0.6 is 0 Å². The maximum atomic E-state index is 9.80. The van der Waals surface area contributed by atoms with Gasteiger partial charge in [0.05, 0.1) is 30.5 Å². The Morgan fingerprint density at radius 1 is 1.11 bits per heavy atom. The van der Waals surface area contributed by atoms with Crippen LogP contribution in [0.1, 0.15) is 41.5 Å². The van der Waals surface area contributed by atoms with Crippen molar-refractivity contribution in [3.8, 4) is 17.2 Å². The normalized spacial score (nSPS) is 17.9. The van der Waals surface area contributed by atoms with E-state index < -0.39 is 0 Å². The molecule has 2 aliphatic rings. The van der Waals surface area contributed by atoms with Gasteiger partial charge >= 0.3 is 0 Å². The van der Waals surface area contributed by atoms with Crippen molar-refractivity contribution in [1.29, 1.82) is 5.26 Å². The molecule has 5 heterocycles. The molecule has 0 amide bonds. The average molecular weight is 497 g/mol. The van der Waals surface area contributed by atoms with Gasteiger partial charge in [0.1, 0.15) is 35.4 Å². The van der Waals surface area contributed by atoms with E-state index in [1.54, 1.807) is 0 Å². The van der Waals surface area contributed by atoms with Gasteiger partial charge in [-0.3, -0.25) is 0 Å². The monoisotopic (exact) mass is 496 g/mol. The summed E-state index contributed by atoms with van der Waals surface area (Å²) in [7, 11) is 0. The molecule has 0 aliphatic carbocycles. The first-order chi connectivity index (χ1) is 18.1. The fourth-order valence-corrected chi connectivity index (χ4v) is 5.61. The highest BCUT2D eigenvalue weighted by Gasteiger charge is 2.34. The van der Waals surface area contributed by atoms with Gasteiger partial charge in [-0.25, -0.2) is 15.0 Å². The number of pyridine rings is 1. The van der Waals surface area contributed by atoms with Crippen LogP contribution in [0, 0.1) is 25.2 Å². The molecule has 1 unspecified atom stereocenters. The first kappa shape index (κ1) is 23.2. The van der Waals surface area contributed by atoms with E-state index in [0.717, 1.165) is 77.3 Å². The zero-order chi connectivity index (χ0) is 25.5. The highest BCUT2D eigenvalue weighted by atomic mass is 16.5. The summed E-state index contributed by atoms with van der Waals surface area (Å²) in [6.07, 6.45) is 3.32. The quantitative estimate of drug-likeness (QED) is 0.443. The molecule has 4 aromatic rings. The lowest BCUT2D eigenvalue weighted by Crippen LogP contribution is -2.38. The second-order valence-corrected chi connectivity index (χ2v) is 9.50. The zero-order valence-corrected chi connectivity index (χ0v) is 20.9. The number of aromatic nitrogens is 4. The van der Waals surface area contributed by atoms with Crippen molar-refractivity contribution in [2.75, 3.05) is 48.4 Å². The summed E-state index contributed by atoms with van der Waals surface area (Å²) in [5, 5.41) is 15.0. The van der Waals surface area contributed by atoms with E-state index >= 15 is 0 Å². The Labute approximate surface area is 214 Å². The van der Waals surface area contributed by atoms with Crippen LogP contribution in [-0.2, 0) is 4.74 Å². The van der Waals surface area contributed by atoms with Gasteiger partial charge < -0.3 is 24.8 Å². The van der Waals surface area contributed by atoms with Crippen LogP contribution < -0.4 is 15.5 Å². The number of fused-ring (bicyclic) bond motifs is 1. The second-order valence-electron chi connectivity index (χ2n) is 9.50. The lowest BCUT2D eigenvalue weighted by molar-refractivity contribution is 0.122. The third-order valence-corrected chi connectivity index (χ3v) is 7.32. The van der Waals surface area contributed by atoms with E-state index in [1.165, 1.54) is 6.33 Å². The first-order valence-electron chi connectivity index (χ1n) is 12.5. The molecule has 2 fully saturated rings. The lowest BCUT2D eigenvalue weighted by atomic mass is 9.97. The summed E-state index contributed by atoms with van der Waals surface area (Å²) < 4.78 is 11.1. The number of benzene rings is 1. The number of morpholine rings is 1. The molecular weight excluding hydrogens is 468 g/mol. The van der Waals surface area contributed by atoms with Gasteiger partial charge in [-0.2, -0.15) is 5.26 Å². The Hall–Kier alpha value is -4.23. The maximum absolute atomic E-state index is 9.80. The van der Waals surface area contributed by atoms with E-state index in [1.807, 2.05) is 13.8 Å². The van der Waals surface area contributed by atoms with E-state index in [0.29, 0.717) is 24.6 Å². The van der Waals surface area contributed by atoms with Gasteiger partial charge in [0.15, 0.2) is 5.82 Å². The van der Waals surface area contributed by atoms with Gasteiger partial charge in [0, 0.05) is 41.7 Å². The molecule has 1 atom stereocenters. The van der Waals surface area contributed by atoms with Crippen LogP contribution in [0.2, 0.25) is 0 Å². The molecule has 2 N–H and O–H groups in total. The highest BCUT2D eigenvalue weighted by molar-refractivity contribution is 5.96. The molecule has 3 aromatic heterocycles. The topological polar surface area (TPSA) is 130 Å². The molecule has 0 bridgehead atoms. The molecule has 10 nitrogen and oxygen atoms in total. The number of ether oxygens (including phenoxy) is 1. The minimum atomic E-state index is -0.00105. The minimum Gasteiger partial charge on any atom is -0.382 e. The van der Waals surface area contributed by atoms with Crippen molar-refractivity contribution < 1.29 is 9.26 Å². The van der Waals surface area contributed by atoms with Crippen LogP contribution in [0.5, 0.6) is 0 Å². The van der Waals surface area contributed by atoms with Crippen molar-refractivity contribution >= 4 is 28.4 Å². The van der Waals surface area contributed by atoms with Crippen molar-refractivity contribution in [3.63, 3.8) is 0 Å². The molecule has 10 heteroatoms. The largest absolute Gasteiger partial charge is 0.382 e. The van der Waals surface area contributed by atoms with Crippen LogP contribution in [-0.4, -0.2) is 53.0 Å². The summed E-state index contributed by atoms with van der Waals surface area (Å²) in [6, 6.07) is 10.7. The number of aryl methyl sites for hydroxylation is 2. The van der Waals surface area contributed by atoms with E-state index in [2.05, 4.69) is 55.3 Å². The third-order valence-electron chi connectivity index (χ3n) is 7.32. The van der Waals surface area contributed by atoms with Gasteiger partial charge in [-0.15, -0.1) is 0 Å². The SMILES string of the molecule is Cc1noc(C)c1-c1cccc2cc(C3CCCN3c3ncnc(N)c3C#N)c(N3CCOCC3)nc12. The number of hydrogen-bond donors (Lipinski definition) is 1. The summed E-state index contributed by atoms with van der Waals surface area (Å²) in [4.78, 5) is 18.3. The fourth-order valence-electron chi connectivity index (χ4n) is 5.61. The molecule has 6 rings (SSSR count). The average Bonchev–Trinajstić information content (AvgIpc) is 3.54. The van der Waals surface area contributed by atoms with Gasteiger partial charge in [-0.05, 0) is 32.8 Å². The Morgan fingerprint density at radius 3 is 2.70 bits per heavy atom. The molecule has 2 aliphatic heterocycles. The number of para-hydroxylation sites is 1. The van der Waals surface area contributed by atoms with Gasteiger partial charge in [0.25, 0.3) is 0 Å². The van der Waals surface area contributed by atoms with Crippen molar-refractivity contribution in [3.05, 3.63) is 53.2 Å². The Bertz CT molecular complexity index is 1500. The van der Waals surface area contributed by atoms with Crippen molar-refractivity contribution in [2.45, 2.75) is 32.7 Å². The van der Waals surface area contributed by atoms with Gasteiger partial charge in [-0.1, -0.05) is 23.4 Å². The van der Waals surface area contributed by atoms with Gasteiger partial charge in [0.2, 0.25) is 0 Å². The zero-order valence-electron chi connectivity index (χ0n) is 20.9. The van der Waals surface area contributed by atoms with Crippen LogP contribution in [0.25, 0.3) is 22.0 Å². The predicted octanol–water partition coefficient (Wildman–Crippen LogP) is 3.93. The number of nitrogens with zero attached hydrogens (tertiary/aromatic N) is 7. The molecule has 0 radical (unpaired) electrons. The smallest absolute Gasteiger partial charge is 0.152 e. The van der Waals surface area contributed by atoms with E-state index in [4.69, 9.17) is 20.0 Å². The predicted molar refractivity (Wildman–Crippen MR) is 140 cm³/mol. The first-order valence-corrected chi connectivity index (χ1v) is 12.5. The number of anilines is 3. The van der Waals surface area contributed by atoms with E-state index in [9.17, 15) is 5.26 Å². The molecule has 188 valence electrons. The van der Waals surface area contributed by atoms with Crippen LogP contribution in [0.15, 0.2) is 35.1 Å². The number of rotatable bonds is 4. The van der Waals surface area contributed by atoms with Crippen LogP contribution in [0.3, 0.4) is 0 Å². The number of nitriles is 1. The number of nitrogens with two attached hydrogens (primary N) is 1. The standard InChI is InChI=1S/C27H28N8O2/c1-16-23(17(2)37-33-16)19-6-3-5-18-13-20(27(32-24(18)19)34-9-11-36-12-10-34)22-7-4-8-35(22)26-21(14-28)25(29)30-15-31-26/h3,5-6,13,15,22H,4,7-12H2,1-2H3,(H2,29,30,31). The Balaban J connectivity index is 1.55. The second kappa shape index (κ2) is 9.33. The molecule has 0 spiro atoms. The van der Waals surface area contributed by atoms with Crippen molar-refractivity contribution in [2.24, 2.45) is 0 Å².